The molecule has 1 fully saturated rings. The van der Waals surface area contributed by atoms with Crippen molar-refractivity contribution in [3.05, 3.63) is 34.3 Å². The standard InChI is InChI=1S/C33H52BrN5O5/c1-18(2)14-24-30(41)38-27(16-20(5)6)33(44)39(9)28(21(7)8)32(43)37-25(15-19(3)4)29(40)36-26(31(42)35-24)17-22-10-12-23(34)13-11-22/h10-13,18-21,24-28H,14-17H2,1-9H3,(H,35,42)(H,36,40)(H,37,43)(H,38,41)/t24-,25-,26-,27-,28-/m0/s1. The number of nitrogens with one attached hydrogen (secondary N) is 4. The van der Waals surface area contributed by atoms with Crippen molar-refractivity contribution in [3.63, 3.8) is 0 Å². The summed E-state index contributed by atoms with van der Waals surface area (Å²) in [5, 5.41) is 11.5. The van der Waals surface area contributed by atoms with Crippen LogP contribution in [0.3, 0.4) is 0 Å². The number of nitrogens with zero attached hydrogens (tertiary/aromatic N) is 1. The molecule has 10 nitrogen and oxygen atoms in total. The van der Waals surface area contributed by atoms with Crippen LogP contribution in [-0.4, -0.2) is 71.7 Å². The molecule has 0 aromatic heterocycles. The molecule has 0 bridgehead atoms. The zero-order chi connectivity index (χ0) is 33.3. The van der Waals surface area contributed by atoms with E-state index < -0.39 is 59.7 Å². The van der Waals surface area contributed by atoms with E-state index in [1.54, 1.807) is 7.05 Å². The van der Waals surface area contributed by atoms with E-state index >= 15 is 0 Å². The molecule has 0 spiro atoms. The van der Waals surface area contributed by atoms with Gasteiger partial charge < -0.3 is 26.2 Å². The van der Waals surface area contributed by atoms with E-state index in [-0.39, 0.29) is 30.1 Å². The summed E-state index contributed by atoms with van der Waals surface area (Å²) in [6.07, 6.45) is 1.19. The summed E-state index contributed by atoms with van der Waals surface area (Å²) in [6, 6.07) is 2.76. The minimum Gasteiger partial charge on any atom is -0.343 e. The van der Waals surface area contributed by atoms with Crippen molar-refractivity contribution in [3.8, 4) is 0 Å². The van der Waals surface area contributed by atoms with Gasteiger partial charge in [-0.1, -0.05) is 83.5 Å². The zero-order valence-electron chi connectivity index (χ0n) is 27.7. The van der Waals surface area contributed by atoms with Gasteiger partial charge in [-0.3, -0.25) is 24.0 Å². The maximum atomic E-state index is 13.9. The first-order chi connectivity index (χ1) is 20.5. The first kappa shape index (κ1) is 37.2. The lowest BCUT2D eigenvalue weighted by Crippen LogP contribution is -2.59. The predicted molar refractivity (Wildman–Crippen MR) is 175 cm³/mol. The Morgan fingerprint density at radius 3 is 1.45 bits per heavy atom. The summed E-state index contributed by atoms with van der Waals surface area (Å²) in [5.74, 6) is -2.47. The Labute approximate surface area is 271 Å². The molecule has 5 amide bonds. The number of hydrogen-bond donors (Lipinski definition) is 4. The topological polar surface area (TPSA) is 137 Å². The van der Waals surface area contributed by atoms with Gasteiger partial charge in [-0.05, 0) is 60.6 Å². The highest BCUT2D eigenvalue weighted by molar-refractivity contribution is 9.10. The second kappa shape index (κ2) is 16.9. The smallest absolute Gasteiger partial charge is 0.245 e. The van der Waals surface area contributed by atoms with Gasteiger partial charge in [-0.15, -0.1) is 0 Å². The molecule has 5 atom stereocenters. The number of carbonyl (C=O) groups excluding carboxylic acids is 5. The predicted octanol–water partition coefficient (Wildman–Crippen LogP) is 3.57. The molecule has 1 aromatic carbocycles. The molecule has 1 heterocycles. The summed E-state index contributed by atoms with van der Waals surface area (Å²) in [5.41, 5.74) is 0.810. The van der Waals surface area contributed by atoms with E-state index in [1.165, 1.54) is 4.90 Å². The van der Waals surface area contributed by atoms with Gasteiger partial charge in [0.1, 0.15) is 30.2 Å². The summed E-state index contributed by atoms with van der Waals surface area (Å²) in [6.45, 7) is 15.4. The van der Waals surface area contributed by atoms with Gasteiger partial charge in [-0.2, -0.15) is 0 Å². The summed E-state index contributed by atoms with van der Waals surface area (Å²) in [7, 11) is 1.56. The van der Waals surface area contributed by atoms with Crippen LogP contribution >= 0.6 is 15.9 Å². The highest BCUT2D eigenvalue weighted by atomic mass is 79.9. The fourth-order valence-corrected chi connectivity index (χ4v) is 5.81. The minimum absolute atomic E-state index is 0.0522. The number of carbonyl (C=O) groups is 5. The largest absolute Gasteiger partial charge is 0.343 e. The Bertz CT molecular complexity index is 1150. The van der Waals surface area contributed by atoms with E-state index in [4.69, 9.17) is 0 Å². The Balaban J connectivity index is 2.65. The number of likely N-dealkylation sites (N-methyl/N-ethyl adjacent to an activating group) is 1. The molecule has 1 aliphatic heterocycles. The van der Waals surface area contributed by atoms with Crippen LogP contribution in [0.2, 0.25) is 0 Å². The van der Waals surface area contributed by atoms with Crippen LogP contribution in [0.4, 0.5) is 0 Å². The van der Waals surface area contributed by atoms with Crippen LogP contribution < -0.4 is 21.3 Å². The maximum Gasteiger partial charge on any atom is 0.245 e. The molecule has 4 N–H and O–H groups in total. The molecular formula is C33H52BrN5O5. The van der Waals surface area contributed by atoms with Gasteiger partial charge in [0.05, 0.1) is 0 Å². The van der Waals surface area contributed by atoms with Crippen molar-refractivity contribution in [2.45, 2.75) is 111 Å². The number of amides is 5. The molecule has 0 unspecified atom stereocenters. The lowest BCUT2D eigenvalue weighted by atomic mass is 9.96. The maximum absolute atomic E-state index is 13.9. The van der Waals surface area contributed by atoms with Gasteiger partial charge in [0.2, 0.25) is 29.5 Å². The SMILES string of the molecule is CC(C)C[C@@H]1NC(=O)[C@H](Cc2ccc(Br)cc2)NC(=O)[C@H](CC(C)C)NC(=O)[C@H](C(C)C)N(C)C(=O)[C@H](CC(C)C)NC1=O. The molecule has 1 aliphatic rings. The molecule has 11 heteroatoms. The average molecular weight is 679 g/mol. The third-order valence-electron chi connectivity index (χ3n) is 7.65. The number of hydrogen-bond acceptors (Lipinski definition) is 5. The molecule has 1 saturated heterocycles. The number of halogens is 1. The lowest BCUT2D eigenvalue weighted by molar-refractivity contribution is -0.144. The Morgan fingerprint density at radius 1 is 0.614 bits per heavy atom. The Kier molecular flexibility index (Phi) is 14.3. The Morgan fingerprint density at radius 2 is 1.00 bits per heavy atom. The second-order valence-corrected chi connectivity index (χ2v) is 14.5. The third-order valence-corrected chi connectivity index (χ3v) is 8.18. The number of rotatable bonds is 9. The van der Waals surface area contributed by atoms with Gasteiger partial charge in [-0.25, -0.2) is 0 Å². The first-order valence-electron chi connectivity index (χ1n) is 15.7. The van der Waals surface area contributed by atoms with Crippen LogP contribution in [0.25, 0.3) is 0 Å². The first-order valence-corrected chi connectivity index (χ1v) is 16.5. The van der Waals surface area contributed by atoms with Gasteiger partial charge in [0, 0.05) is 17.9 Å². The van der Waals surface area contributed by atoms with E-state index in [0.717, 1.165) is 10.0 Å². The van der Waals surface area contributed by atoms with Crippen molar-refractivity contribution in [2.75, 3.05) is 7.05 Å². The van der Waals surface area contributed by atoms with Crippen LogP contribution in [0.15, 0.2) is 28.7 Å². The minimum atomic E-state index is -1.01. The molecule has 1 aromatic rings. The molecule has 44 heavy (non-hydrogen) atoms. The molecule has 0 aliphatic carbocycles. The molecule has 246 valence electrons. The monoisotopic (exact) mass is 677 g/mol. The fraction of sp³-hybridized carbons (Fsp3) is 0.667. The molecular weight excluding hydrogens is 626 g/mol. The van der Waals surface area contributed by atoms with Crippen LogP contribution in [0.5, 0.6) is 0 Å². The zero-order valence-corrected chi connectivity index (χ0v) is 29.3. The van der Waals surface area contributed by atoms with Crippen molar-refractivity contribution >= 4 is 45.5 Å². The van der Waals surface area contributed by atoms with Crippen LogP contribution in [0.1, 0.15) is 80.2 Å². The molecule has 2 rings (SSSR count). The van der Waals surface area contributed by atoms with E-state index in [0.29, 0.717) is 19.3 Å². The lowest BCUT2D eigenvalue weighted by Gasteiger charge is -2.34. The van der Waals surface area contributed by atoms with Crippen molar-refractivity contribution < 1.29 is 24.0 Å². The average Bonchev–Trinajstić information content (AvgIpc) is 2.90. The van der Waals surface area contributed by atoms with Gasteiger partial charge >= 0.3 is 0 Å². The summed E-state index contributed by atoms with van der Waals surface area (Å²) < 4.78 is 0.875. The normalized spacial score (nSPS) is 24.6. The van der Waals surface area contributed by atoms with E-state index in [1.807, 2.05) is 79.7 Å². The summed E-state index contributed by atoms with van der Waals surface area (Å²) in [4.78, 5) is 70.4. The quantitative estimate of drug-likeness (QED) is 0.317. The third kappa shape index (κ3) is 11.2. The van der Waals surface area contributed by atoms with Gasteiger partial charge in [0.15, 0.2) is 0 Å². The van der Waals surface area contributed by atoms with E-state index in [2.05, 4.69) is 37.2 Å². The van der Waals surface area contributed by atoms with Crippen molar-refractivity contribution in [1.82, 2.24) is 26.2 Å². The fourth-order valence-electron chi connectivity index (χ4n) is 5.55. The van der Waals surface area contributed by atoms with Crippen LogP contribution in [-0.2, 0) is 30.4 Å². The van der Waals surface area contributed by atoms with E-state index in [9.17, 15) is 24.0 Å². The van der Waals surface area contributed by atoms with Crippen molar-refractivity contribution in [2.24, 2.45) is 23.7 Å². The molecule has 0 saturated carbocycles. The number of benzene rings is 1. The highest BCUT2D eigenvalue weighted by Crippen LogP contribution is 2.18. The molecule has 0 radical (unpaired) electrons. The summed E-state index contributed by atoms with van der Waals surface area (Å²) >= 11 is 3.43. The Hall–Kier alpha value is -2.95. The van der Waals surface area contributed by atoms with Gasteiger partial charge in [0.25, 0.3) is 0 Å². The van der Waals surface area contributed by atoms with Crippen LogP contribution in [0, 0.1) is 23.7 Å². The highest BCUT2D eigenvalue weighted by Gasteiger charge is 2.38. The second-order valence-electron chi connectivity index (χ2n) is 13.6. The van der Waals surface area contributed by atoms with Crippen molar-refractivity contribution in [1.29, 1.82) is 0 Å².